The van der Waals surface area contributed by atoms with E-state index in [0.29, 0.717) is 0 Å². The van der Waals surface area contributed by atoms with Gasteiger partial charge in [0, 0.05) is 25.4 Å². The highest BCUT2D eigenvalue weighted by Gasteiger charge is 2.42. The van der Waals surface area contributed by atoms with Crippen LogP contribution >= 0.6 is 0 Å². The Hall–Kier alpha value is -1.02. The van der Waals surface area contributed by atoms with E-state index in [9.17, 15) is 0 Å². The molecule has 0 aliphatic carbocycles. The van der Waals surface area contributed by atoms with Gasteiger partial charge >= 0.3 is 0 Å². The third kappa shape index (κ3) is 2.06. The first-order valence-corrected chi connectivity index (χ1v) is 7.86. The first-order valence-electron chi connectivity index (χ1n) is 7.86. The summed E-state index contributed by atoms with van der Waals surface area (Å²) in [6, 6.07) is 9.45. The van der Waals surface area contributed by atoms with Crippen molar-refractivity contribution in [1.29, 1.82) is 0 Å². The zero-order valence-electron chi connectivity index (χ0n) is 11.6. The van der Waals surface area contributed by atoms with Crippen molar-refractivity contribution in [2.24, 2.45) is 0 Å². The smallest absolute Gasteiger partial charge is 0.123 e. The number of fused-ring (bicyclic) bond motifs is 2. The third-order valence-electron chi connectivity index (χ3n) is 5.35. The summed E-state index contributed by atoms with van der Waals surface area (Å²) < 4.78 is 6.39. The average Bonchev–Trinajstić information content (AvgIpc) is 2.72. The molecule has 0 amide bonds. The van der Waals surface area contributed by atoms with Crippen molar-refractivity contribution >= 4 is 0 Å². The summed E-state index contributed by atoms with van der Waals surface area (Å²) >= 11 is 0. The Morgan fingerprint density at radius 3 is 2.95 bits per heavy atom. The topological polar surface area (TPSA) is 12.5 Å². The fourth-order valence-corrected chi connectivity index (χ4v) is 4.23. The zero-order chi connectivity index (χ0) is 12.7. The van der Waals surface area contributed by atoms with Crippen molar-refractivity contribution in [3.05, 3.63) is 29.8 Å². The summed E-state index contributed by atoms with van der Waals surface area (Å²) in [5.74, 6) is 1.14. The van der Waals surface area contributed by atoms with E-state index in [1.807, 2.05) is 0 Å². The normalized spacial score (nSPS) is 34.4. The van der Waals surface area contributed by atoms with E-state index < -0.39 is 0 Å². The quantitative estimate of drug-likeness (QED) is 0.706. The van der Waals surface area contributed by atoms with Crippen LogP contribution in [0.2, 0.25) is 0 Å². The van der Waals surface area contributed by atoms with Crippen LogP contribution in [0.3, 0.4) is 0 Å². The average molecular weight is 257 g/mol. The highest BCUT2D eigenvalue weighted by atomic mass is 16.5. The van der Waals surface area contributed by atoms with Crippen LogP contribution < -0.4 is 4.74 Å². The Labute approximate surface area is 115 Å². The minimum Gasteiger partial charge on any atom is -0.487 e. The number of piperidine rings is 1. The maximum atomic E-state index is 6.39. The van der Waals surface area contributed by atoms with Crippen LogP contribution in [0.15, 0.2) is 24.3 Å². The van der Waals surface area contributed by atoms with Crippen LogP contribution in [0, 0.1) is 0 Å². The summed E-state index contributed by atoms with van der Waals surface area (Å²) in [5.41, 5.74) is 1.53. The number of hydrogen-bond donors (Lipinski definition) is 0. The maximum absolute atomic E-state index is 6.39. The maximum Gasteiger partial charge on any atom is 0.123 e. The van der Waals surface area contributed by atoms with Gasteiger partial charge in [0.1, 0.15) is 11.4 Å². The first-order chi connectivity index (χ1) is 9.35. The minimum absolute atomic E-state index is 0.112. The Bertz CT molecular complexity index is 427. The molecule has 2 unspecified atom stereocenters. The second kappa shape index (κ2) is 4.52. The standard InChI is InChI=1S/C17H23NO/c1-2-7-16-14(5-1)13-17(19-16)9-8-15-6-3-4-11-18(15)12-10-17/h1-2,5,7,15H,3-4,6,8-13H2. The van der Waals surface area contributed by atoms with E-state index in [-0.39, 0.29) is 5.60 Å². The predicted molar refractivity (Wildman–Crippen MR) is 76.6 cm³/mol. The molecule has 4 rings (SSSR count). The molecule has 1 spiro atoms. The molecular weight excluding hydrogens is 234 g/mol. The Morgan fingerprint density at radius 1 is 1.05 bits per heavy atom. The molecule has 2 heteroatoms. The van der Waals surface area contributed by atoms with Crippen molar-refractivity contribution in [2.45, 2.75) is 56.6 Å². The Morgan fingerprint density at radius 2 is 2.00 bits per heavy atom. The molecule has 0 saturated carbocycles. The molecular formula is C17H23NO. The lowest BCUT2D eigenvalue weighted by atomic mass is 9.88. The van der Waals surface area contributed by atoms with Crippen LogP contribution in [0.1, 0.15) is 44.1 Å². The van der Waals surface area contributed by atoms with Crippen molar-refractivity contribution in [3.8, 4) is 5.75 Å². The Kier molecular flexibility index (Phi) is 2.80. The van der Waals surface area contributed by atoms with Gasteiger partial charge < -0.3 is 9.64 Å². The van der Waals surface area contributed by atoms with E-state index in [4.69, 9.17) is 4.74 Å². The molecule has 19 heavy (non-hydrogen) atoms. The highest BCUT2D eigenvalue weighted by Crippen LogP contribution is 2.42. The third-order valence-corrected chi connectivity index (χ3v) is 5.35. The van der Waals surface area contributed by atoms with E-state index in [1.54, 1.807) is 0 Å². The molecule has 1 aromatic carbocycles. The van der Waals surface area contributed by atoms with Gasteiger partial charge in [0.05, 0.1) is 0 Å². The second-order valence-electron chi connectivity index (χ2n) is 6.54. The van der Waals surface area contributed by atoms with Gasteiger partial charge in [-0.2, -0.15) is 0 Å². The molecule has 0 bridgehead atoms. The van der Waals surface area contributed by atoms with E-state index in [2.05, 4.69) is 29.2 Å². The number of para-hydroxylation sites is 1. The lowest BCUT2D eigenvalue weighted by molar-refractivity contribution is 0.0768. The van der Waals surface area contributed by atoms with Crippen molar-refractivity contribution in [1.82, 2.24) is 4.90 Å². The molecule has 2 fully saturated rings. The molecule has 1 aromatic rings. The lowest BCUT2D eigenvalue weighted by Crippen LogP contribution is -2.39. The van der Waals surface area contributed by atoms with Gasteiger partial charge in [-0.05, 0) is 43.9 Å². The number of hydrogen-bond acceptors (Lipinski definition) is 2. The van der Waals surface area contributed by atoms with Crippen LogP contribution in [-0.2, 0) is 6.42 Å². The number of rotatable bonds is 0. The van der Waals surface area contributed by atoms with Gasteiger partial charge in [0.15, 0.2) is 0 Å². The van der Waals surface area contributed by atoms with Crippen LogP contribution in [0.5, 0.6) is 5.75 Å². The molecule has 3 heterocycles. The summed E-state index contributed by atoms with van der Waals surface area (Å²) in [5, 5.41) is 0. The van der Waals surface area contributed by atoms with Crippen molar-refractivity contribution in [2.75, 3.05) is 13.1 Å². The molecule has 0 aromatic heterocycles. The molecule has 3 aliphatic heterocycles. The fraction of sp³-hybridized carbons (Fsp3) is 0.647. The first kappa shape index (κ1) is 11.8. The van der Waals surface area contributed by atoms with E-state index in [1.165, 1.54) is 57.2 Å². The highest BCUT2D eigenvalue weighted by molar-refractivity contribution is 5.39. The summed E-state index contributed by atoms with van der Waals surface area (Å²) in [6.45, 7) is 2.55. The molecule has 0 N–H and O–H groups in total. The largest absolute Gasteiger partial charge is 0.487 e. The molecule has 102 valence electrons. The van der Waals surface area contributed by atoms with E-state index in [0.717, 1.165) is 18.2 Å². The second-order valence-corrected chi connectivity index (χ2v) is 6.54. The van der Waals surface area contributed by atoms with Crippen molar-refractivity contribution in [3.63, 3.8) is 0 Å². The van der Waals surface area contributed by atoms with Gasteiger partial charge in [0.25, 0.3) is 0 Å². The minimum atomic E-state index is 0.112. The zero-order valence-corrected chi connectivity index (χ0v) is 11.6. The summed E-state index contributed by atoms with van der Waals surface area (Å²) in [7, 11) is 0. The molecule has 3 aliphatic rings. The SMILES string of the molecule is c1ccc2c(c1)CC1(CCC3CCCCN3CC1)O2. The predicted octanol–water partition coefficient (Wildman–Crippen LogP) is 3.40. The number of ether oxygens (including phenoxy) is 1. The van der Waals surface area contributed by atoms with Crippen LogP contribution in [0.4, 0.5) is 0 Å². The number of nitrogens with zero attached hydrogens (tertiary/aromatic N) is 1. The molecule has 2 saturated heterocycles. The van der Waals surface area contributed by atoms with E-state index >= 15 is 0 Å². The molecule has 2 nitrogen and oxygen atoms in total. The van der Waals surface area contributed by atoms with Gasteiger partial charge in [-0.15, -0.1) is 0 Å². The molecule has 2 atom stereocenters. The van der Waals surface area contributed by atoms with Gasteiger partial charge in [-0.1, -0.05) is 24.6 Å². The van der Waals surface area contributed by atoms with Crippen LogP contribution in [0.25, 0.3) is 0 Å². The van der Waals surface area contributed by atoms with Crippen molar-refractivity contribution < 1.29 is 4.74 Å². The summed E-state index contributed by atoms with van der Waals surface area (Å²) in [4.78, 5) is 2.73. The van der Waals surface area contributed by atoms with Gasteiger partial charge in [-0.25, -0.2) is 0 Å². The van der Waals surface area contributed by atoms with Gasteiger partial charge in [0.2, 0.25) is 0 Å². The van der Waals surface area contributed by atoms with Crippen LogP contribution in [-0.4, -0.2) is 29.6 Å². The lowest BCUT2D eigenvalue weighted by Gasteiger charge is -2.33. The Balaban J connectivity index is 1.54. The number of benzene rings is 1. The van der Waals surface area contributed by atoms with Gasteiger partial charge in [-0.3, -0.25) is 0 Å². The fourth-order valence-electron chi connectivity index (χ4n) is 4.23. The molecule has 0 radical (unpaired) electrons. The monoisotopic (exact) mass is 257 g/mol. The summed E-state index contributed by atoms with van der Waals surface area (Å²) in [6.07, 6.45) is 9.13.